The van der Waals surface area contributed by atoms with Crippen LogP contribution in [-0.2, 0) is 15.1 Å². The van der Waals surface area contributed by atoms with Crippen molar-refractivity contribution in [2.24, 2.45) is 5.92 Å². The number of hydrogen-bond donors (Lipinski definition) is 1. The zero-order valence-corrected chi connectivity index (χ0v) is 7.65. The summed E-state index contributed by atoms with van der Waals surface area (Å²) < 4.78 is 24.1. The Labute approximate surface area is 67.7 Å². The fourth-order valence-electron chi connectivity index (χ4n) is 0.695. The minimum Gasteiger partial charge on any atom is -0.235 e. The second-order valence-electron chi connectivity index (χ2n) is 2.77. The molecule has 0 aromatic heterocycles. The number of rotatable bonds is 5. The van der Waals surface area contributed by atoms with Crippen molar-refractivity contribution < 1.29 is 13.5 Å². The Morgan fingerprint density at radius 3 is 2.27 bits per heavy atom. The van der Waals surface area contributed by atoms with E-state index in [0.717, 1.165) is 0 Å². The van der Waals surface area contributed by atoms with Gasteiger partial charge in [-0.2, -0.15) is 0 Å². The second-order valence-corrected chi connectivity index (χ2v) is 4.63. The van der Waals surface area contributed by atoms with Crippen molar-refractivity contribution in [3.05, 3.63) is 0 Å². The van der Waals surface area contributed by atoms with Gasteiger partial charge in [0.1, 0.15) is 0 Å². The molecule has 0 rings (SSSR count). The van der Waals surface area contributed by atoms with Gasteiger partial charge in [0, 0.05) is 6.54 Å². The molecule has 0 saturated heterocycles. The maximum absolute atomic E-state index is 10.9. The van der Waals surface area contributed by atoms with Crippen LogP contribution in [0.5, 0.6) is 0 Å². The molecule has 1 N–H and O–H groups in total. The molecule has 0 aromatic rings. The van der Waals surface area contributed by atoms with Crippen molar-refractivity contribution in [2.45, 2.75) is 13.8 Å². The molecule has 4 nitrogen and oxygen atoms in total. The van der Waals surface area contributed by atoms with Crippen molar-refractivity contribution in [3.63, 3.8) is 0 Å². The van der Waals surface area contributed by atoms with E-state index in [4.69, 9.17) is 0 Å². The van der Waals surface area contributed by atoms with E-state index in [1.807, 2.05) is 13.8 Å². The van der Waals surface area contributed by atoms with E-state index in [2.05, 4.69) is 4.72 Å². The van der Waals surface area contributed by atoms with Crippen molar-refractivity contribution in [2.75, 3.05) is 18.9 Å². The molecule has 0 spiro atoms. The SMILES string of the molecule is CC(C)CS(=O)(=O)NCC[O]. The lowest BCUT2D eigenvalue weighted by Gasteiger charge is -2.06. The number of nitrogens with one attached hydrogen (secondary N) is 1. The summed E-state index contributed by atoms with van der Waals surface area (Å²) in [7, 11) is -3.19. The minimum absolute atomic E-state index is 0.00491. The highest BCUT2D eigenvalue weighted by molar-refractivity contribution is 7.89. The average molecular weight is 180 g/mol. The quantitative estimate of drug-likeness (QED) is 0.646. The van der Waals surface area contributed by atoms with Crippen molar-refractivity contribution in [1.82, 2.24) is 4.72 Å². The third-order valence-electron chi connectivity index (χ3n) is 0.977. The first-order valence-corrected chi connectivity index (χ1v) is 5.18. The molecule has 0 aliphatic rings. The Bertz CT molecular complexity index is 186. The smallest absolute Gasteiger partial charge is 0.211 e. The lowest BCUT2D eigenvalue weighted by molar-refractivity contribution is 0.199. The van der Waals surface area contributed by atoms with Gasteiger partial charge in [0.25, 0.3) is 0 Å². The molecular weight excluding hydrogens is 166 g/mol. The third-order valence-corrected chi connectivity index (χ3v) is 2.73. The van der Waals surface area contributed by atoms with E-state index in [0.29, 0.717) is 0 Å². The van der Waals surface area contributed by atoms with Gasteiger partial charge in [-0.3, -0.25) is 0 Å². The molecule has 0 heterocycles. The molecule has 0 aliphatic heterocycles. The normalized spacial score (nSPS) is 12.4. The zero-order chi connectivity index (χ0) is 8.91. The average Bonchev–Trinajstić information content (AvgIpc) is 1.81. The summed E-state index contributed by atoms with van der Waals surface area (Å²) in [5.74, 6) is 0.187. The Morgan fingerprint density at radius 2 is 1.91 bits per heavy atom. The van der Waals surface area contributed by atoms with E-state index in [1.165, 1.54) is 0 Å². The molecule has 0 aliphatic carbocycles. The van der Waals surface area contributed by atoms with Gasteiger partial charge in [0.2, 0.25) is 10.0 Å². The van der Waals surface area contributed by atoms with Crippen molar-refractivity contribution >= 4 is 10.0 Å². The van der Waals surface area contributed by atoms with Crippen LogP contribution < -0.4 is 4.72 Å². The van der Waals surface area contributed by atoms with Gasteiger partial charge < -0.3 is 0 Å². The summed E-state index contributed by atoms with van der Waals surface area (Å²) in [6.45, 7) is 3.22. The molecule has 67 valence electrons. The second kappa shape index (κ2) is 4.69. The standard InChI is InChI=1S/C6H14NO3S/c1-6(2)5-11(9,10)7-3-4-8/h6-7H,3-5H2,1-2H3. The topological polar surface area (TPSA) is 66.1 Å². The van der Waals surface area contributed by atoms with Gasteiger partial charge in [0.05, 0.1) is 12.4 Å². The van der Waals surface area contributed by atoms with Crippen LogP contribution in [0.2, 0.25) is 0 Å². The molecule has 1 radical (unpaired) electrons. The molecule has 0 aromatic carbocycles. The van der Waals surface area contributed by atoms with E-state index in [9.17, 15) is 13.5 Å². The lowest BCUT2D eigenvalue weighted by Crippen LogP contribution is -2.30. The largest absolute Gasteiger partial charge is 0.235 e. The van der Waals surface area contributed by atoms with Crippen molar-refractivity contribution in [1.29, 1.82) is 0 Å². The van der Waals surface area contributed by atoms with Gasteiger partial charge in [-0.05, 0) is 5.92 Å². The monoisotopic (exact) mass is 180 g/mol. The van der Waals surface area contributed by atoms with Crippen LogP contribution in [0.15, 0.2) is 0 Å². The van der Waals surface area contributed by atoms with E-state index in [-0.39, 0.29) is 18.2 Å². The summed E-state index contributed by atoms with van der Waals surface area (Å²) in [5, 5.41) is 9.94. The maximum atomic E-state index is 10.9. The molecule has 0 saturated carbocycles. The molecule has 11 heavy (non-hydrogen) atoms. The van der Waals surface area contributed by atoms with Crippen LogP contribution in [-0.4, -0.2) is 27.3 Å². The fourth-order valence-corrected chi connectivity index (χ4v) is 2.08. The molecular formula is C6H14NO3S. The van der Waals surface area contributed by atoms with Gasteiger partial charge in [-0.25, -0.2) is 18.2 Å². The fraction of sp³-hybridized carbons (Fsp3) is 1.00. The van der Waals surface area contributed by atoms with Gasteiger partial charge in [0.15, 0.2) is 0 Å². The summed E-state index contributed by atoms with van der Waals surface area (Å²) in [6.07, 6.45) is 0. The van der Waals surface area contributed by atoms with Crippen LogP contribution in [0.4, 0.5) is 0 Å². The van der Waals surface area contributed by atoms with Gasteiger partial charge in [-0.1, -0.05) is 13.8 Å². The number of hydrogen-bond acceptors (Lipinski definition) is 2. The van der Waals surface area contributed by atoms with Crippen LogP contribution in [0.3, 0.4) is 0 Å². The Balaban J connectivity index is 3.82. The highest BCUT2D eigenvalue weighted by Gasteiger charge is 2.10. The van der Waals surface area contributed by atoms with E-state index >= 15 is 0 Å². The maximum Gasteiger partial charge on any atom is 0.211 e. The molecule has 0 unspecified atom stereocenters. The number of sulfonamides is 1. The molecule has 5 heteroatoms. The Hall–Kier alpha value is -0.130. The first-order valence-electron chi connectivity index (χ1n) is 3.53. The minimum atomic E-state index is -3.19. The van der Waals surface area contributed by atoms with Crippen LogP contribution in [0.1, 0.15) is 13.8 Å². The third kappa shape index (κ3) is 6.28. The Kier molecular flexibility index (Phi) is 4.63. The summed E-state index contributed by atoms with van der Waals surface area (Å²) in [4.78, 5) is 0. The lowest BCUT2D eigenvalue weighted by atomic mass is 10.3. The molecule has 0 bridgehead atoms. The van der Waals surface area contributed by atoms with Gasteiger partial charge in [-0.15, -0.1) is 0 Å². The molecule has 0 fully saturated rings. The highest BCUT2D eigenvalue weighted by atomic mass is 32.2. The van der Waals surface area contributed by atoms with E-state index < -0.39 is 16.6 Å². The van der Waals surface area contributed by atoms with Crippen LogP contribution in [0.25, 0.3) is 0 Å². The first kappa shape index (κ1) is 10.9. The zero-order valence-electron chi connectivity index (χ0n) is 6.83. The highest BCUT2D eigenvalue weighted by Crippen LogP contribution is 1.96. The summed E-state index contributed by atoms with van der Waals surface area (Å²) in [5.41, 5.74) is 0. The molecule has 0 amide bonds. The van der Waals surface area contributed by atoms with Crippen LogP contribution in [0, 0.1) is 5.92 Å². The summed E-state index contributed by atoms with van der Waals surface area (Å²) >= 11 is 0. The predicted octanol–water partition coefficient (Wildman–Crippen LogP) is -0.00770. The molecule has 0 atom stereocenters. The predicted molar refractivity (Wildman–Crippen MR) is 42.2 cm³/mol. The van der Waals surface area contributed by atoms with Crippen LogP contribution >= 0.6 is 0 Å². The summed E-state index contributed by atoms with van der Waals surface area (Å²) in [6, 6.07) is 0. The first-order chi connectivity index (χ1) is 4.98. The van der Waals surface area contributed by atoms with E-state index in [1.54, 1.807) is 0 Å². The Morgan fingerprint density at radius 1 is 1.36 bits per heavy atom. The van der Waals surface area contributed by atoms with Crippen molar-refractivity contribution in [3.8, 4) is 0 Å². The van der Waals surface area contributed by atoms with Gasteiger partial charge >= 0.3 is 0 Å².